The maximum Gasteiger partial charge on any atom is 0.230 e. The Morgan fingerprint density at radius 3 is 2.82 bits per heavy atom. The number of hydrogen-bond donors (Lipinski definition) is 1. The molecule has 1 aliphatic carbocycles. The van der Waals surface area contributed by atoms with Crippen LogP contribution in [0, 0.1) is 6.92 Å². The summed E-state index contributed by atoms with van der Waals surface area (Å²) in [4.78, 5) is 2.50. The van der Waals surface area contributed by atoms with Crippen molar-refractivity contribution in [3.8, 4) is 0 Å². The first kappa shape index (κ1) is 11.2. The van der Waals surface area contributed by atoms with Crippen LogP contribution < -0.4 is 5.32 Å². The SMILES string of the molecule is Cc1nnc(CN(CC2CCCN2)C2CC2)o1. The maximum absolute atomic E-state index is 5.47. The highest BCUT2D eigenvalue weighted by Crippen LogP contribution is 2.28. The fourth-order valence-corrected chi connectivity index (χ4v) is 2.55. The van der Waals surface area contributed by atoms with Crippen molar-refractivity contribution in [3.63, 3.8) is 0 Å². The zero-order valence-corrected chi connectivity index (χ0v) is 10.4. The normalized spacial score (nSPS) is 24.7. The van der Waals surface area contributed by atoms with E-state index in [2.05, 4.69) is 20.4 Å². The molecule has 1 saturated carbocycles. The molecule has 0 radical (unpaired) electrons. The first-order valence-corrected chi connectivity index (χ1v) is 6.57. The quantitative estimate of drug-likeness (QED) is 0.829. The summed E-state index contributed by atoms with van der Waals surface area (Å²) in [6, 6.07) is 1.39. The van der Waals surface area contributed by atoms with Gasteiger partial charge in [-0.15, -0.1) is 10.2 Å². The first-order valence-electron chi connectivity index (χ1n) is 6.57. The smallest absolute Gasteiger partial charge is 0.230 e. The molecule has 3 rings (SSSR count). The van der Waals surface area contributed by atoms with Crippen molar-refractivity contribution < 1.29 is 4.42 Å². The molecule has 0 spiro atoms. The summed E-state index contributed by atoms with van der Waals surface area (Å²) in [5.74, 6) is 1.42. The molecule has 17 heavy (non-hydrogen) atoms. The van der Waals surface area contributed by atoms with Gasteiger partial charge in [0.25, 0.3) is 0 Å². The van der Waals surface area contributed by atoms with E-state index in [4.69, 9.17) is 4.42 Å². The Bertz CT molecular complexity index is 368. The summed E-state index contributed by atoms with van der Waals surface area (Å²) in [7, 11) is 0. The van der Waals surface area contributed by atoms with Crippen LogP contribution >= 0.6 is 0 Å². The van der Waals surface area contributed by atoms with Gasteiger partial charge in [-0.1, -0.05) is 0 Å². The molecule has 94 valence electrons. The molecule has 1 aromatic heterocycles. The Morgan fingerprint density at radius 2 is 2.24 bits per heavy atom. The summed E-state index contributed by atoms with van der Waals surface area (Å²) >= 11 is 0. The fraction of sp³-hybridized carbons (Fsp3) is 0.833. The van der Waals surface area contributed by atoms with Gasteiger partial charge in [0, 0.05) is 25.6 Å². The van der Waals surface area contributed by atoms with Crippen molar-refractivity contribution in [1.82, 2.24) is 20.4 Å². The third-order valence-corrected chi connectivity index (χ3v) is 3.59. The van der Waals surface area contributed by atoms with Crippen LogP contribution in [0.2, 0.25) is 0 Å². The summed E-state index contributed by atoms with van der Waals surface area (Å²) in [5.41, 5.74) is 0. The minimum absolute atomic E-state index is 0.652. The topological polar surface area (TPSA) is 54.2 Å². The minimum atomic E-state index is 0.652. The molecule has 2 heterocycles. The van der Waals surface area contributed by atoms with Crippen molar-refractivity contribution in [2.45, 2.75) is 51.2 Å². The van der Waals surface area contributed by atoms with Crippen molar-refractivity contribution in [2.75, 3.05) is 13.1 Å². The molecule has 2 aliphatic rings. The lowest BCUT2D eigenvalue weighted by Gasteiger charge is -2.23. The summed E-state index contributed by atoms with van der Waals surface area (Å²) in [6.07, 6.45) is 5.24. The third-order valence-electron chi connectivity index (χ3n) is 3.59. The van der Waals surface area contributed by atoms with Crippen molar-refractivity contribution in [2.24, 2.45) is 0 Å². The molecule has 1 saturated heterocycles. The van der Waals surface area contributed by atoms with Crippen LogP contribution in [0.3, 0.4) is 0 Å². The van der Waals surface area contributed by atoms with Gasteiger partial charge in [0.05, 0.1) is 6.54 Å². The molecule has 5 nitrogen and oxygen atoms in total. The number of hydrogen-bond acceptors (Lipinski definition) is 5. The van der Waals surface area contributed by atoms with Gasteiger partial charge in [-0.2, -0.15) is 0 Å². The Morgan fingerprint density at radius 1 is 1.35 bits per heavy atom. The van der Waals surface area contributed by atoms with Crippen molar-refractivity contribution in [3.05, 3.63) is 11.8 Å². The molecular formula is C12H20N4O. The van der Waals surface area contributed by atoms with Gasteiger partial charge in [-0.3, -0.25) is 4.90 Å². The molecule has 5 heteroatoms. The Labute approximate surface area is 102 Å². The van der Waals surface area contributed by atoms with Gasteiger partial charge in [0.1, 0.15) is 0 Å². The average Bonchev–Trinajstić information content (AvgIpc) is 2.89. The molecule has 1 unspecified atom stereocenters. The van der Waals surface area contributed by atoms with E-state index in [1.807, 2.05) is 6.92 Å². The summed E-state index contributed by atoms with van der Waals surface area (Å²) in [5, 5.41) is 11.5. The maximum atomic E-state index is 5.47. The Kier molecular flexibility index (Phi) is 3.11. The molecule has 1 atom stereocenters. The number of nitrogens with one attached hydrogen (secondary N) is 1. The number of aryl methyl sites for hydroxylation is 1. The van der Waals surface area contributed by atoms with Gasteiger partial charge in [-0.25, -0.2) is 0 Å². The largest absolute Gasteiger partial charge is 0.424 e. The fourth-order valence-electron chi connectivity index (χ4n) is 2.55. The Balaban J connectivity index is 1.59. The van der Waals surface area contributed by atoms with Gasteiger partial charge < -0.3 is 9.73 Å². The predicted molar refractivity (Wildman–Crippen MR) is 63.5 cm³/mol. The summed E-state index contributed by atoms with van der Waals surface area (Å²) < 4.78 is 5.47. The second kappa shape index (κ2) is 4.74. The van der Waals surface area contributed by atoms with E-state index in [0.29, 0.717) is 11.9 Å². The van der Waals surface area contributed by atoms with Crippen LogP contribution in [0.1, 0.15) is 37.5 Å². The molecule has 0 amide bonds. The molecule has 0 bridgehead atoms. The number of rotatable bonds is 5. The molecular weight excluding hydrogens is 216 g/mol. The molecule has 1 aromatic rings. The van der Waals surface area contributed by atoms with E-state index in [0.717, 1.165) is 25.0 Å². The lowest BCUT2D eigenvalue weighted by Crippen LogP contribution is -2.38. The van der Waals surface area contributed by atoms with E-state index >= 15 is 0 Å². The number of nitrogens with zero attached hydrogens (tertiary/aromatic N) is 3. The highest BCUT2D eigenvalue weighted by Gasteiger charge is 2.32. The number of aromatic nitrogens is 2. The van der Waals surface area contributed by atoms with E-state index in [-0.39, 0.29) is 0 Å². The molecule has 1 aliphatic heterocycles. The zero-order valence-electron chi connectivity index (χ0n) is 10.4. The van der Waals surface area contributed by atoms with Gasteiger partial charge in [-0.05, 0) is 32.2 Å². The Hall–Kier alpha value is -0.940. The van der Waals surface area contributed by atoms with E-state index in [1.165, 1.54) is 32.2 Å². The molecule has 0 aromatic carbocycles. The highest BCUT2D eigenvalue weighted by atomic mass is 16.4. The standard InChI is InChI=1S/C12H20N4O/c1-9-14-15-12(17-9)8-16(11-4-5-11)7-10-3-2-6-13-10/h10-11,13H,2-8H2,1H3. The monoisotopic (exact) mass is 236 g/mol. The van der Waals surface area contributed by atoms with Crippen LogP contribution in [-0.2, 0) is 6.54 Å². The van der Waals surface area contributed by atoms with Crippen LogP contribution in [0.5, 0.6) is 0 Å². The predicted octanol–water partition coefficient (Wildman–Crippen LogP) is 1.09. The second-order valence-electron chi connectivity index (χ2n) is 5.17. The lowest BCUT2D eigenvalue weighted by molar-refractivity contribution is 0.208. The minimum Gasteiger partial charge on any atom is -0.424 e. The van der Waals surface area contributed by atoms with Gasteiger partial charge in [0.2, 0.25) is 11.8 Å². The second-order valence-corrected chi connectivity index (χ2v) is 5.17. The molecule has 2 fully saturated rings. The van der Waals surface area contributed by atoms with Gasteiger partial charge >= 0.3 is 0 Å². The van der Waals surface area contributed by atoms with Crippen molar-refractivity contribution >= 4 is 0 Å². The van der Waals surface area contributed by atoms with E-state index < -0.39 is 0 Å². The van der Waals surface area contributed by atoms with E-state index in [9.17, 15) is 0 Å². The van der Waals surface area contributed by atoms with Crippen molar-refractivity contribution in [1.29, 1.82) is 0 Å². The van der Waals surface area contributed by atoms with Crippen LogP contribution in [0.4, 0.5) is 0 Å². The lowest BCUT2D eigenvalue weighted by atomic mass is 10.2. The highest BCUT2D eigenvalue weighted by molar-refractivity contribution is 4.91. The average molecular weight is 236 g/mol. The third kappa shape index (κ3) is 2.84. The zero-order chi connectivity index (χ0) is 11.7. The van der Waals surface area contributed by atoms with Crippen LogP contribution in [-0.4, -0.2) is 40.3 Å². The summed E-state index contributed by atoms with van der Waals surface area (Å²) in [6.45, 7) is 4.94. The van der Waals surface area contributed by atoms with E-state index in [1.54, 1.807) is 0 Å². The molecule has 1 N–H and O–H groups in total. The van der Waals surface area contributed by atoms with Crippen LogP contribution in [0.25, 0.3) is 0 Å². The van der Waals surface area contributed by atoms with Crippen LogP contribution in [0.15, 0.2) is 4.42 Å². The van der Waals surface area contributed by atoms with Gasteiger partial charge in [0.15, 0.2) is 0 Å². The first-order chi connectivity index (χ1) is 8.31.